The Hall–Kier alpha value is -0.570. The Morgan fingerprint density at radius 1 is 1.33 bits per heavy atom. The Kier molecular flexibility index (Phi) is 4.82. The van der Waals surface area contributed by atoms with Gasteiger partial charge in [0.1, 0.15) is 0 Å². The summed E-state index contributed by atoms with van der Waals surface area (Å²) in [5, 5.41) is 9.60. The highest BCUT2D eigenvalue weighted by Crippen LogP contribution is 2.40. The zero-order valence-corrected chi connectivity index (χ0v) is 12.6. The molecule has 0 saturated heterocycles. The normalized spacial score (nSPS) is 29.6. The van der Waals surface area contributed by atoms with E-state index in [9.17, 15) is 9.90 Å². The van der Waals surface area contributed by atoms with Crippen LogP contribution in [0.1, 0.15) is 53.4 Å². The van der Waals surface area contributed by atoms with Crippen LogP contribution in [0.4, 0.5) is 0 Å². The number of rotatable bonds is 4. The Balaban J connectivity index is 2.66. The molecule has 0 aromatic rings. The summed E-state index contributed by atoms with van der Waals surface area (Å²) < 4.78 is 0. The molecule has 1 N–H and O–H groups in total. The van der Waals surface area contributed by atoms with Gasteiger partial charge in [-0.3, -0.25) is 4.79 Å². The first kappa shape index (κ1) is 15.5. The minimum Gasteiger partial charge on any atom is -0.481 e. The number of carboxylic acids is 1. The summed E-state index contributed by atoms with van der Waals surface area (Å²) in [6.45, 7) is 10.4. The second kappa shape index (κ2) is 5.60. The fraction of sp³-hybridized carbons (Fsp3) is 0.933. The Labute approximate surface area is 112 Å². The molecule has 0 bridgehead atoms. The third-order valence-electron chi connectivity index (χ3n) is 4.00. The molecule has 0 amide bonds. The number of carboxylic acid groups (broad SMARTS) is 1. The van der Waals surface area contributed by atoms with E-state index in [2.05, 4.69) is 32.6 Å². The smallest absolute Gasteiger partial charge is 0.310 e. The molecule has 18 heavy (non-hydrogen) atoms. The fourth-order valence-electron chi connectivity index (χ4n) is 3.14. The minimum absolute atomic E-state index is 0.219. The van der Waals surface area contributed by atoms with Crippen molar-refractivity contribution in [3.63, 3.8) is 0 Å². The molecule has 1 fully saturated rings. The monoisotopic (exact) mass is 255 g/mol. The number of carbonyl (C=O) groups is 1. The molecular weight excluding hydrogens is 226 g/mol. The maximum Gasteiger partial charge on any atom is 0.310 e. The van der Waals surface area contributed by atoms with Crippen molar-refractivity contribution in [3.8, 4) is 0 Å². The van der Waals surface area contributed by atoms with Gasteiger partial charge in [-0.15, -0.1) is 0 Å². The molecular formula is C15H29NO2. The van der Waals surface area contributed by atoms with Gasteiger partial charge in [0, 0.05) is 13.1 Å². The van der Waals surface area contributed by atoms with E-state index in [1.807, 2.05) is 7.05 Å². The van der Waals surface area contributed by atoms with Gasteiger partial charge >= 0.3 is 5.97 Å². The van der Waals surface area contributed by atoms with Crippen molar-refractivity contribution < 1.29 is 9.90 Å². The predicted octanol–water partition coefficient (Wildman–Crippen LogP) is 3.25. The summed E-state index contributed by atoms with van der Waals surface area (Å²) in [5.74, 6) is 0.0838. The lowest BCUT2D eigenvalue weighted by Gasteiger charge is -2.39. The molecule has 0 aromatic heterocycles. The zero-order chi connectivity index (χ0) is 14.0. The topological polar surface area (TPSA) is 40.5 Å². The van der Waals surface area contributed by atoms with E-state index in [1.54, 1.807) is 0 Å². The van der Waals surface area contributed by atoms with Crippen LogP contribution in [0, 0.1) is 16.7 Å². The third-order valence-corrected chi connectivity index (χ3v) is 4.00. The lowest BCUT2D eigenvalue weighted by atomic mass is 9.70. The van der Waals surface area contributed by atoms with Crippen molar-refractivity contribution in [2.24, 2.45) is 16.7 Å². The van der Waals surface area contributed by atoms with Gasteiger partial charge in [-0.25, -0.2) is 0 Å². The lowest BCUT2D eigenvalue weighted by Crippen LogP contribution is -2.46. The van der Waals surface area contributed by atoms with E-state index in [-0.39, 0.29) is 5.41 Å². The van der Waals surface area contributed by atoms with Gasteiger partial charge in [-0.05, 0) is 44.1 Å². The second-order valence-electron chi connectivity index (χ2n) is 7.50. The van der Waals surface area contributed by atoms with Crippen LogP contribution in [0.3, 0.4) is 0 Å². The quantitative estimate of drug-likeness (QED) is 0.838. The molecule has 3 nitrogen and oxygen atoms in total. The SMILES string of the molecule is CC1CCC(CN(C)CC(C)(C)C)(C(=O)O)CC1. The van der Waals surface area contributed by atoms with E-state index < -0.39 is 11.4 Å². The largest absolute Gasteiger partial charge is 0.481 e. The van der Waals surface area contributed by atoms with Crippen molar-refractivity contribution >= 4 is 5.97 Å². The summed E-state index contributed by atoms with van der Waals surface area (Å²) in [5.41, 5.74) is -0.289. The van der Waals surface area contributed by atoms with Gasteiger partial charge in [-0.2, -0.15) is 0 Å². The summed E-state index contributed by atoms with van der Waals surface area (Å²) >= 11 is 0. The van der Waals surface area contributed by atoms with Crippen LogP contribution >= 0.6 is 0 Å². The maximum absolute atomic E-state index is 11.7. The number of hydrogen-bond donors (Lipinski definition) is 1. The first-order valence-electron chi connectivity index (χ1n) is 7.07. The molecule has 1 aliphatic rings. The number of nitrogens with zero attached hydrogens (tertiary/aromatic N) is 1. The molecule has 1 saturated carbocycles. The van der Waals surface area contributed by atoms with Gasteiger partial charge in [0.05, 0.1) is 5.41 Å². The van der Waals surface area contributed by atoms with E-state index in [4.69, 9.17) is 0 Å². The second-order valence-corrected chi connectivity index (χ2v) is 7.50. The average molecular weight is 255 g/mol. The molecule has 0 atom stereocenters. The number of hydrogen-bond acceptors (Lipinski definition) is 2. The minimum atomic E-state index is -0.602. The lowest BCUT2D eigenvalue weighted by molar-refractivity contribution is -0.153. The summed E-state index contributed by atoms with van der Waals surface area (Å²) in [6, 6.07) is 0. The van der Waals surface area contributed by atoms with Crippen LogP contribution in [-0.2, 0) is 4.79 Å². The van der Waals surface area contributed by atoms with Crippen molar-refractivity contribution in [3.05, 3.63) is 0 Å². The molecule has 106 valence electrons. The molecule has 0 spiro atoms. The highest BCUT2D eigenvalue weighted by Gasteiger charge is 2.42. The molecule has 1 rings (SSSR count). The Morgan fingerprint density at radius 2 is 1.83 bits per heavy atom. The molecule has 1 aliphatic carbocycles. The molecule has 0 aromatic carbocycles. The highest BCUT2D eigenvalue weighted by molar-refractivity contribution is 5.75. The summed E-state index contributed by atoms with van der Waals surface area (Å²) in [7, 11) is 2.05. The van der Waals surface area contributed by atoms with E-state index in [0.717, 1.165) is 32.2 Å². The fourth-order valence-corrected chi connectivity index (χ4v) is 3.14. The van der Waals surface area contributed by atoms with Crippen molar-refractivity contribution in [1.29, 1.82) is 0 Å². The van der Waals surface area contributed by atoms with Gasteiger partial charge in [0.2, 0.25) is 0 Å². The molecule has 0 aliphatic heterocycles. The number of aliphatic carboxylic acids is 1. The standard InChI is InChI=1S/C15H29NO2/c1-12-6-8-15(9-7-12,13(17)18)11-16(5)10-14(2,3)4/h12H,6-11H2,1-5H3,(H,17,18). The molecule has 0 unspecified atom stereocenters. The Bertz CT molecular complexity index is 285. The van der Waals surface area contributed by atoms with Crippen molar-refractivity contribution in [2.45, 2.75) is 53.4 Å². The Morgan fingerprint density at radius 3 is 2.22 bits per heavy atom. The predicted molar refractivity (Wildman–Crippen MR) is 74.7 cm³/mol. The van der Waals surface area contributed by atoms with Gasteiger partial charge < -0.3 is 10.0 Å². The first-order valence-corrected chi connectivity index (χ1v) is 7.07. The summed E-state index contributed by atoms with van der Waals surface area (Å²) in [6.07, 6.45) is 3.77. The van der Waals surface area contributed by atoms with Crippen LogP contribution in [0.15, 0.2) is 0 Å². The zero-order valence-electron chi connectivity index (χ0n) is 12.6. The third kappa shape index (κ3) is 4.27. The van der Waals surface area contributed by atoms with E-state index >= 15 is 0 Å². The molecule has 0 heterocycles. The highest BCUT2D eigenvalue weighted by atomic mass is 16.4. The van der Waals surface area contributed by atoms with Gasteiger partial charge in [0.15, 0.2) is 0 Å². The van der Waals surface area contributed by atoms with Crippen LogP contribution in [0.2, 0.25) is 0 Å². The van der Waals surface area contributed by atoms with Crippen molar-refractivity contribution in [1.82, 2.24) is 4.90 Å². The molecule has 0 radical (unpaired) electrons. The first-order chi connectivity index (χ1) is 8.15. The van der Waals surface area contributed by atoms with Gasteiger partial charge in [0.25, 0.3) is 0 Å². The van der Waals surface area contributed by atoms with Gasteiger partial charge in [-0.1, -0.05) is 27.7 Å². The maximum atomic E-state index is 11.7. The summed E-state index contributed by atoms with van der Waals surface area (Å²) in [4.78, 5) is 13.9. The average Bonchev–Trinajstić information content (AvgIpc) is 2.18. The van der Waals surface area contributed by atoms with Crippen molar-refractivity contribution in [2.75, 3.05) is 20.1 Å². The van der Waals surface area contributed by atoms with Crippen LogP contribution < -0.4 is 0 Å². The van der Waals surface area contributed by atoms with E-state index in [0.29, 0.717) is 12.5 Å². The van der Waals surface area contributed by atoms with Crippen LogP contribution in [-0.4, -0.2) is 36.1 Å². The molecule has 3 heteroatoms. The van der Waals surface area contributed by atoms with Crippen LogP contribution in [0.5, 0.6) is 0 Å². The van der Waals surface area contributed by atoms with Crippen LogP contribution in [0.25, 0.3) is 0 Å². The van der Waals surface area contributed by atoms with E-state index in [1.165, 1.54) is 0 Å².